The minimum Gasteiger partial charge on any atom is -0.497 e. The van der Waals surface area contributed by atoms with Crippen molar-refractivity contribution in [2.75, 3.05) is 27.7 Å². The zero-order chi connectivity index (χ0) is 32.7. The molecule has 0 saturated heterocycles. The molecule has 1 aliphatic heterocycles. The molecule has 45 heavy (non-hydrogen) atoms. The first-order valence-electron chi connectivity index (χ1n) is 14.3. The van der Waals surface area contributed by atoms with E-state index in [0.717, 1.165) is 12.8 Å². The topological polar surface area (TPSA) is 156 Å². The number of amides is 1. The number of hydrogen-bond acceptors (Lipinski definition) is 10. The summed E-state index contributed by atoms with van der Waals surface area (Å²) in [4.78, 5) is 28.9. The smallest absolute Gasteiger partial charge is 0.331 e. The summed E-state index contributed by atoms with van der Waals surface area (Å²) in [7, 11) is -0.983. The number of nitrogens with zero attached hydrogens (tertiary/aromatic N) is 3. The third-order valence-electron chi connectivity index (χ3n) is 7.16. The molecule has 2 aromatic carbocycles. The zero-order valence-corrected chi connectivity index (χ0v) is 26.6. The van der Waals surface area contributed by atoms with Crippen LogP contribution in [0.4, 0.5) is 0 Å². The summed E-state index contributed by atoms with van der Waals surface area (Å²) < 4.78 is 55.4. The first-order chi connectivity index (χ1) is 21.5. The van der Waals surface area contributed by atoms with Crippen LogP contribution in [-0.4, -0.2) is 72.8 Å². The van der Waals surface area contributed by atoms with Crippen LogP contribution in [-0.2, 0) is 32.5 Å². The van der Waals surface area contributed by atoms with Gasteiger partial charge in [0.15, 0.2) is 18.2 Å². The minimum atomic E-state index is -3.95. The van der Waals surface area contributed by atoms with E-state index in [2.05, 4.69) is 4.98 Å². The number of hydrogen-bond donors (Lipinski definition) is 1. The highest BCUT2D eigenvalue weighted by molar-refractivity contribution is 7.90. The molecule has 14 heteroatoms. The molecule has 13 nitrogen and oxygen atoms in total. The number of methoxy groups -OCH3 is 2. The summed E-state index contributed by atoms with van der Waals surface area (Å²) >= 11 is 0. The van der Waals surface area contributed by atoms with Crippen molar-refractivity contribution in [1.29, 1.82) is 0 Å². The van der Waals surface area contributed by atoms with E-state index in [-0.39, 0.29) is 30.9 Å². The number of aliphatic carboxylic acids is 1. The lowest BCUT2D eigenvalue weighted by Crippen LogP contribution is -2.38. The molecule has 0 radical (unpaired) electrons. The number of imidazole rings is 1. The number of benzene rings is 2. The Hall–Kier alpha value is -4.72. The molecule has 1 aliphatic rings. The predicted molar refractivity (Wildman–Crippen MR) is 165 cm³/mol. The van der Waals surface area contributed by atoms with Gasteiger partial charge < -0.3 is 28.8 Å². The number of carbonyl (C=O) groups excluding carboxylic acids is 1. The number of rotatable bonds is 16. The molecule has 0 bridgehead atoms. The van der Waals surface area contributed by atoms with Crippen LogP contribution in [0.3, 0.4) is 0 Å². The van der Waals surface area contributed by atoms with Gasteiger partial charge in [-0.25, -0.2) is 22.5 Å². The van der Waals surface area contributed by atoms with Crippen LogP contribution in [0.25, 0.3) is 11.8 Å². The second-order valence-corrected chi connectivity index (χ2v) is 12.8. The Morgan fingerprint density at radius 1 is 1.13 bits per heavy atom. The SMILES string of the molecule is CCCCc1ncc(/C=C(\Cc2cc3c(cc2OC)OCO3)C(=O)O)n1-c1ccc(OC)cc1OCN(C=O)S(=O)(=O)C(C)C. The molecule has 0 saturated carbocycles. The highest BCUT2D eigenvalue weighted by Crippen LogP contribution is 2.39. The Kier molecular flexibility index (Phi) is 10.6. The van der Waals surface area contributed by atoms with Crippen LogP contribution in [0.5, 0.6) is 28.7 Å². The number of aryl methyl sites for hydroxylation is 1. The summed E-state index contributed by atoms with van der Waals surface area (Å²) in [5, 5.41) is 9.40. The molecule has 0 atom stereocenters. The molecule has 2 heterocycles. The monoisotopic (exact) mass is 643 g/mol. The van der Waals surface area contributed by atoms with E-state index in [0.29, 0.717) is 56.5 Å². The number of unbranched alkanes of at least 4 members (excludes halogenated alkanes) is 1. The fraction of sp³-hybridized carbons (Fsp3) is 0.387. The van der Waals surface area contributed by atoms with Crippen molar-refractivity contribution in [2.24, 2.45) is 0 Å². The molecule has 3 aromatic rings. The summed E-state index contributed by atoms with van der Waals surface area (Å²) in [6.07, 6.45) is 5.54. The van der Waals surface area contributed by atoms with Crippen LogP contribution in [0.2, 0.25) is 0 Å². The highest BCUT2D eigenvalue weighted by atomic mass is 32.2. The number of sulfonamides is 1. The average molecular weight is 644 g/mol. The van der Waals surface area contributed by atoms with Crippen molar-refractivity contribution in [3.63, 3.8) is 0 Å². The van der Waals surface area contributed by atoms with Gasteiger partial charge in [0.25, 0.3) is 0 Å². The van der Waals surface area contributed by atoms with Crippen LogP contribution in [0.15, 0.2) is 42.1 Å². The molecule has 1 N–H and O–H groups in total. The van der Waals surface area contributed by atoms with Crippen molar-refractivity contribution in [3.8, 4) is 34.4 Å². The van der Waals surface area contributed by atoms with Crippen LogP contribution < -0.4 is 23.7 Å². The normalized spacial score (nSPS) is 12.7. The molecule has 1 aromatic heterocycles. The molecule has 4 rings (SSSR count). The predicted octanol–water partition coefficient (Wildman–Crippen LogP) is 4.20. The zero-order valence-electron chi connectivity index (χ0n) is 25.8. The maximum atomic E-state index is 12.7. The Morgan fingerprint density at radius 2 is 1.87 bits per heavy atom. The summed E-state index contributed by atoms with van der Waals surface area (Å²) in [5.41, 5.74) is 1.52. The summed E-state index contributed by atoms with van der Waals surface area (Å²) in [6.45, 7) is 4.45. The van der Waals surface area contributed by atoms with Gasteiger partial charge in [-0.15, -0.1) is 0 Å². The van der Waals surface area contributed by atoms with E-state index in [1.54, 1.807) is 41.1 Å². The number of fused-ring (bicyclic) bond motifs is 1. The van der Waals surface area contributed by atoms with Gasteiger partial charge >= 0.3 is 5.97 Å². The van der Waals surface area contributed by atoms with Gasteiger partial charge in [0, 0.05) is 36.1 Å². The first kappa shape index (κ1) is 33.2. The quantitative estimate of drug-likeness (QED) is 0.136. The number of aromatic nitrogens is 2. The average Bonchev–Trinajstić information content (AvgIpc) is 3.65. The number of carboxylic acids is 1. The maximum Gasteiger partial charge on any atom is 0.331 e. The summed E-state index contributed by atoms with van der Waals surface area (Å²) in [6, 6.07) is 8.31. The Morgan fingerprint density at radius 3 is 2.49 bits per heavy atom. The van der Waals surface area contributed by atoms with Crippen LogP contribution in [0, 0.1) is 0 Å². The Balaban J connectivity index is 1.81. The van der Waals surface area contributed by atoms with Gasteiger partial charge in [-0.05, 0) is 44.5 Å². The molecule has 0 spiro atoms. The lowest BCUT2D eigenvalue weighted by atomic mass is 10.0. The van der Waals surface area contributed by atoms with Crippen molar-refractivity contribution in [1.82, 2.24) is 13.9 Å². The van der Waals surface area contributed by atoms with Crippen molar-refractivity contribution in [2.45, 2.75) is 51.7 Å². The molecule has 242 valence electrons. The lowest BCUT2D eigenvalue weighted by Gasteiger charge is -2.22. The molecular formula is C31H37N3O10S. The largest absolute Gasteiger partial charge is 0.497 e. The first-order valence-corrected chi connectivity index (χ1v) is 15.8. The second kappa shape index (κ2) is 14.4. The second-order valence-electron chi connectivity index (χ2n) is 10.4. The molecule has 0 unspecified atom stereocenters. The van der Waals surface area contributed by atoms with E-state index in [1.165, 1.54) is 34.1 Å². The standard InChI is InChI=1S/C31H37N3O10S/c1-6-7-8-30-32-16-23(12-22(31(36)37)11-21-13-28-29(44-19-43-28)15-26(21)41-5)34(30)25-10-9-24(40-4)14-27(25)42-18-33(17-35)45(38,39)20(2)3/h9-10,12-17,20H,6-8,11,18-19H2,1-5H3,(H,36,37)/b22-12+. The number of carboxylic acid groups (broad SMARTS) is 1. The third-order valence-corrected chi connectivity index (χ3v) is 9.20. The molecule has 1 amide bonds. The van der Waals surface area contributed by atoms with Gasteiger partial charge in [0.2, 0.25) is 23.2 Å². The fourth-order valence-corrected chi connectivity index (χ4v) is 5.51. The van der Waals surface area contributed by atoms with E-state index >= 15 is 0 Å². The van der Waals surface area contributed by atoms with E-state index in [9.17, 15) is 23.1 Å². The maximum absolute atomic E-state index is 12.7. The Labute approximate surface area is 262 Å². The van der Waals surface area contributed by atoms with Gasteiger partial charge in [-0.3, -0.25) is 9.36 Å². The van der Waals surface area contributed by atoms with E-state index in [4.69, 9.17) is 23.7 Å². The highest BCUT2D eigenvalue weighted by Gasteiger charge is 2.26. The van der Waals surface area contributed by atoms with Gasteiger partial charge in [0.1, 0.15) is 23.1 Å². The summed E-state index contributed by atoms with van der Waals surface area (Å²) in [5.74, 6) is 1.55. The molecular weight excluding hydrogens is 606 g/mol. The van der Waals surface area contributed by atoms with E-state index in [1.807, 2.05) is 6.92 Å². The Bertz CT molecular complexity index is 1680. The fourth-order valence-electron chi connectivity index (χ4n) is 4.65. The van der Waals surface area contributed by atoms with Crippen LogP contribution >= 0.6 is 0 Å². The van der Waals surface area contributed by atoms with Crippen molar-refractivity contribution >= 4 is 28.5 Å². The third kappa shape index (κ3) is 7.33. The lowest BCUT2D eigenvalue weighted by molar-refractivity contribution is -0.132. The van der Waals surface area contributed by atoms with Gasteiger partial charge in [-0.1, -0.05) is 13.3 Å². The van der Waals surface area contributed by atoms with Crippen LogP contribution in [0.1, 0.15) is 50.7 Å². The molecule has 0 aliphatic carbocycles. The van der Waals surface area contributed by atoms with Crippen molar-refractivity contribution in [3.05, 3.63) is 59.2 Å². The number of carbonyl (C=O) groups is 2. The van der Waals surface area contributed by atoms with E-state index < -0.39 is 28.0 Å². The number of ether oxygens (including phenoxy) is 5. The van der Waals surface area contributed by atoms with Gasteiger partial charge in [-0.2, -0.15) is 0 Å². The van der Waals surface area contributed by atoms with Gasteiger partial charge in [0.05, 0.1) is 37.0 Å². The molecule has 0 fully saturated rings. The van der Waals surface area contributed by atoms with Crippen molar-refractivity contribution < 1.29 is 46.8 Å². The minimum absolute atomic E-state index is 0.00204.